The van der Waals surface area contributed by atoms with Crippen molar-refractivity contribution in [1.82, 2.24) is 20.6 Å². The van der Waals surface area contributed by atoms with Gasteiger partial charge in [0.05, 0.1) is 6.07 Å². The Morgan fingerprint density at radius 2 is 2.44 bits per heavy atom. The van der Waals surface area contributed by atoms with Gasteiger partial charge in [0.15, 0.2) is 0 Å². The molecule has 0 spiro atoms. The zero-order valence-corrected chi connectivity index (χ0v) is 8.85. The number of hydrogen-bond donors (Lipinski definition) is 2. The number of anilines is 1. The molecule has 2 heterocycles. The van der Waals surface area contributed by atoms with Crippen molar-refractivity contribution >= 4 is 24.1 Å². The number of rotatable bonds is 5. The number of nitrogens with one attached hydrogen (secondary N) is 2. The molecule has 0 saturated heterocycles. The van der Waals surface area contributed by atoms with Crippen LogP contribution in [0.2, 0.25) is 0 Å². The van der Waals surface area contributed by atoms with Crippen LogP contribution in [-0.4, -0.2) is 31.8 Å². The molecule has 0 atom stereocenters. The average molecular weight is 249 g/mol. The summed E-state index contributed by atoms with van der Waals surface area (Å²) in [6.07, 6.45) is 4.47. The predicted octanol–water partition coefficient (Wildman–Crippen LogP) is 0.812. The number of furan rings is 1. The average Bonchev–Trinajstić information content (AvgIpc) is 2.98. The Labute approximate surface area is 99.5 Å². The Bertz CT molecular complexity index is 571. The highest BCUT2D eigenvalue weighted by molar-refractivity contribution is 5.77. The van der Waals surface area contributed by atoms with Crippen molar-refractivity contribution in [3.63, 3.8) is 0 Å². The number of nitro groups is 1. The number of nitrogens with zero attached hydrogens (tertiary/aromatic N) is 5. The zero-order valence-electron chi connectivity index (χ0n) is 8.85. The van der Waals surface area contributed by atoms with E-state index in [2.05, 4.69) is 31.2 Å². The molecule has 0 bridgehead atoms. The van der Waals surface area contributed by atoms with E-state index in [0.29, 0.717) is 5.76 Å². The van der Waals surface area contributed by atoms with Gasteiger partial charge in [0.2, 0.25) is 0 Å². The molecule has 0 aliphatic heterocycles. The number of aromatic nitrogens is 4. The van der Waals surface area contributed by atoms with E-state index in [-0.39, 0.29) is 11.8 Å². The third-order valence-corrected chi connectivity index (χ3v) is 1.72. The maximum Gasteiger partial charge on any atom is 0.433 e. The van der Waals surface area contributed by atoms with E-state index in [4.69, 9.17) is 4.42 Å². The second-order valence-corrected chi connectivity index (χ2v) is 2.92. The highest BCUT2D eigenvalue weighted by Gasteiger charge is 2.09. The summed E-state index contributed by atoms with van der Waals surface area (Å²) in [7, 11) is 0. The quantitative estimate of drug-likeness (QED) is 0.454. The van der Waals surface area contributed by atoms with Gasteiger partial charge in [-0.25, -0.2) is 5.43 Å². The van der Waals surface area contributed by atoms with Gasteiger partial charge in [0.1, 0.15) is 10.7 Å². The Balaban J connectivity index is 1.86. The van der Waals surface area contributed by atoms with Crippen molar-refractivity contribution in [2.24, 2.45) is 5.10 Å². The summed E-state index contributed by atoms with van der Waals surface area (Å²) >= 11 is 0. The van der Waals surface area contributed by atoms with Gasteiger partial charge in [-0.15, -0.1) is 5.10 Å². The summed E-state index contributed by atoms with van der Waals surface area (Å²) in [4.78, 5) is 9.74. The summed E-state index contributed by atoms with van der Waals surface area (Å²) < 4.78 is 4.89. The molecule has 18 heavy (non-hydrogen) atoms. The van der Waals surface area contributed by atoms with E-state index in [0.717, 1.165) is 0 Å². The summed E-state index contributed by atoms with van der Waals surface area (Å²) in [6, 6.07) is 2.75. The van der Waals surface area contributed by atoms with Crippen LogP contribution < -0.4 is 5.43 Å². The highest BCUT2D eigenvalue weighted by atomic mass is 16.6. The van der Waals surface area contributed by atoms with Crippen molar-refractivity contribution in [2.75, 3.05) is 5.43 Å². The normalized spacial score (nSPS) is 11.3. The van der Waals surface area contributed by atoms with Crippen LogP contribution in [0.15, 0.2) is 27.7 Å². The molecule has 92 valence electrons. The maximum atomic E-state index is 10.4. The number of aromatic amines is 1. The van der Waals surface area contributed by atoms with Gasteiger partial charge in [-0.3, -0.25) is 10.1 Å². The number of tetrazole rings is 1. The van der Waals surface area contributed by atoms with Crippen LogP contribution in [0, 0.1) is 10.1 Å². The second-order valence-electron chi connectivity index (χ2n) is 2.92. The van der Waals surface area contributed by atoms with Gasteiger partial charge in [-0.2, -0.15) is 10.3 Å². The summed E-state index contributed by atoms with van der Waals surface area (Å²) in [5.41, 5.74) is 2.50. The largest absolute Gasteiger partial charge is 0.433 e. The summed E-state index contributed by atoms with van der Waals surface area (Å²) in [6.45, 7) is 0. The lowest BCUT2D eigenvalue weighted by Gasteiger charge is -1.86. The predicted molar refractivity (Wildman–Crippen MR) is 60.7 cm³/mol. The van der Waals surface area contributed by atoms with E-state index < -0.39 is 4.92 Å². The number of allylic oxidation sites excluding steroid dienone is 1. The van der Waals surface area contributed by atoms with Gasteiger partial charge in [0, 0.05) is 6.21 Å². The first kappa shape index (κ1) is 11.4. The molecule has 2 aromatic heterocycles. The molecule has 0 amide bonds. The summed E-state index contributed by atoms with van der Waals surface area (Å²) in [5, 5.41) is 26.9. The zero-order chi connectivity index (χ0) is 12.8. The van der Waals surface area contributed by atoms with Gasteiger partial charge < -0.3 is 4.42 Å². The van der Waals surface area contributed by atoms with Crippen LogP contribution in [0.5, 0.6) is 0 Å². The number of hydrogen-bond acceptors (Lipinski definition) is 8. The third-order valence-electron chi connectivity index (χ3n) is 1.72. The van der Waals surface area contributed by atoms with Crippen LogP contribution in [0.4, 0.5) is 11.8 Å². The second kappa shape index (κ2) is 5.34. The smallest absolute Gasteiger partial charge is 0.401 e. The molecule has 0 aromatic carbocycles. The lowest BCUT2D eigenvalue weighted by Crippen LogP contribution is -1.90. The van der Waals surface area contributed by atoms with Crippen molar-refractivity contribution in [2.45, 2.75) is 0 Å². The Hall–Kier alpha value is -3.04. The maximum absolute atomic E-state index is 10.4. The van der Waals surface area contributed by atoms with Crippen molar-refractivity contribution < 1.29 is 9.34 Å². The molecular weight excluding hydrogens is 242 g/mol. The van der Waals surface area contributed by atoms with Crippen LogP contribution in [-0.2, 0) is 0 Å². The van der Waals surface area contributed by atoms with Crippen molar-refractivity contribution in [3.8, 4) is 0 Å². The minimum atomic E-state index is -0.608. The fourth-order valence-corrected chi connectivity index (χ4v) is 1.01. The third kappa shape index (κ3) is 2.98. The van der Waals surface area contributed by atoms with Gasteiger partial charge >= 0.3 is 5.88 Å². The van der Waals surface area contributed by atoms with Crippen molar-refractivity contribution in [3.05, 3.63) is 34.1 Å². The van der Waals surface area contributed by atoms with E-state index in [9.17, 15) is 10.1 Å². The van der Waals surface area contributed by atoms with Crippen LogP contribution in [0.3, 0.4) is 0 Å². The molecule has 0 aliphatic rings. The molecule has 2 N–H and O–H groups in total. The first-order valence-corrected chi connectivity index (χ1v) is 4.69. The molecule has 0 saturated carbocycles. The van der Waals surface area contributed by atoms with E-state index >= 15 is 0 Å². The number of H-pyrrole nitrogens is 1. The topological polar surface area (TPSA) is 135 Å². The first-order chi connectivity index (χ1) is 8.75. The molecule has 2 rings (SSSR count). The Morgan fingerprint density at radius 3 is 3.11 bits per heavy atom. The Morgan fingerprint density at radius 1 is 1.56 bits per heavy atom. The first-order valence-electron chi connectivity index (χ1n) is 4.69. The molecule has 0 aliphatic carbocycles. The Kier molecular flexibility index (Phi) is 3.39. The van der Waals surface area contributed by atoms with E-state index in [1.807, 2.05) is 0 Å². The molecule has 0 radical (unpaired) electrons. The SMILES string of the molecule is O=[N+]([O-])c1ccc(/C=C/C=N/Nc2nn[nH]n2)o1. The highest BCUT2D eigenvalue weighted by Crippen LogP contribution is 2.16. The van der Waals surface area contributed by atoms with E-state index in [1.54, 1.807) is 0 Å². The van der Waals surface area contributed by atoms with Crippen LogP contribution >= 0.6 is 0 Å². The molecule has 10 nitrogen and oxygen atoms in total. The molecule has 0 fully saturated rings. The number of hydrazone groups is 1. The van der Waals surface area contributed by atoms with Gasteiger partial charge in [-0.1, -0.05) is 5.10 Å². The molecular formula is C8H7N7O3. The monoisotopic (exact) mass is 249 g/mol. The fourth-order valence-electron chi connectivity index (χ4n) is 1.01. The molecule has 2 aromatic rings. The van der Waals surface area contributed by atoms with Crippen LogP contribution in [0.1, 0.15) is 5.76 Å². The van der Waals surface area contributed by atoms with Gasteiger partial charge in [0.25, 0.3) is 5.95 Å². The standard InChI is InChI=1S/C8H7N7O3/c16-15(17)7-4-3-6(18-7)2-1-5-9-10-8-11-13-14-12-8/h1-5H,(H2,10,11,12,13,14)/b2-1+,9-5+. The lowest BCUT2D eigenvalue weighted by molar-refractivity contribution is -0.402. The fraction of sp³-hybridized carbons (Fsp3) is 0. The summed E-state index contributed by atoms with van der Waals surface area (Å²) in [5.74, 6) is 0.275. The minimum absolute atomic E-state index is 0.230. The van der Waals surface area contributed by atoms with E-state index in [1.165, 1.54) is 30.5 Å². The van der Waals surface area contributed by atoms with Crippen LogP contribution in [0.25, 0.3) is 6.08 Å². The minimum Gasteiger partial charge on any atom is -0.401 e. The van der Waals surface area contributed by atoms with Crippen molar-refractivity contribution in [1.29, 1.82) is 0 Å². The molecule has 0 unspecified atom stereocenters. The molecule has 10 heteroatoms. The lowest BCUT2D eigenvalue weighted by atomic mass is 10.4. The van der Waals surface area contributed by atoms with Gasteiger partial charge in [-0.05, 0) is 23.4 Å².